The summed E-state index contributed by atoms with van der Waals surface area (Å²) < 4.78 is 50.3. The van der Waals surface area contributed by atoms with Crippen molar-refractivity contribution in [2.45, 2.75) is 18.5 Å². The highest BCUT2D eigenvalue weighted by Gasteiger charge is 2.45. The summed E-state index contributed by atoms with van der Waals surface area (Å²) in [7, 11) is 1.54. The van der Waals surface area contributed by atoms with Gasteiger partial charge in [0.15, 0.2) is 12.4 Å². The quantitative estimate of drug-likeness (QED) is 0.810. The summed E-state index contributed by atoms with van der Waals surface area (Å²) in [6, 6.07) is 8.92. The van der Waals surface area contributed by atoms with Crippen LogP contribution in [0.4, 0.5) is 24.5 Å². The van der Waals surface area contributed by atoms with E-state index in [1.54, 1.807) is 6.07 Å². The number of halogens is 3. The average Bonchev–Trinajstić information content (AvgIpc) is 3.47. The third-order valence-corrected chi connectivity index (χ3v) is 4.96. The lowest BCUT2D eigenvalue weighted by atomic mass is 10.1. The molecule has 2 N–H and O–H groups in total. The van der Waals surface area contributed by atoms with Crippen LogP contribution in [0.15, 0.2) is 36.4 Å². The maximum Gasteiger partial charge on any atom is 0.416 e. The Hall–Kier alpha value is -3.23. The normalized spacial score (nSPS) is 20.2. The molecular formula is C20H17F3N2O4. The fraction of sp³-hybridized carbons (Fsp3) is 0.300. The number of para-hydroxylation sites is 1. The van der Waals surface area contributed by atoms with E-state index >= 15 is 0 Å². The molecule has 1 heterocycles. The first-order valence-electron chi connectivity index (χ1n) is 8.89. The van der Waals surface area contributed by atoms with Crippen LogP contribution in [-0.2, 0) is 15.8 Å². The number of ether oxygens (including phenoxy) is 2. The van der Waals surface area contributed by atoms with Crippen LogP contribution >= 0.6 is 0 Å². The number of amides is 2. The van der Waals surface area contributed by atoms with E-state index in [4.69, 9.17) is 9.47 Å². The molecule has 9 heteroatoms. The van der Waals surface area contributed by atoms with Crippen molar-refractivity contribution in [3.05, 3.63) is 47.5 Å². The van der Waals surface area contributed by atoms with Gasteiger partial charge in [0.05, 0.1) is 24.0 Å². The van der Waals surface area contributed by atoms with Crippen molar-refractivity contribution in [3.8, 4) is 11.5 Å². The molecule has 2 aromatic carbocycles. The minimum atomic E-state index is -4.64. The largest absolute Gasteiger partial charge is 0.496 e. The van der Waals surface area contributed by atoms with Crippen LogP contribution < -0.4 is 20.1 Å². The Morgan fingerprint density at radius 2 is 2.03 bits per heavy atom. The highest BCUT2D eigenvalue weighted by atomic mass is 19.4. The highest BCUT2D eigenvalue weighted by molar-refractivity contribution is 6.01. The lowest BCUT2D eigenvalue weighted by Gasteiger charge is -2.23. The Balaban J connectivity index is 1.59. The molecule has 1 fully saturated rings. The van der Waals surface area contributed by atoms with E-state index in [1.807, 2.05) is 18.2 Å². The van der Waals surface area contributed by atoms with Crippen molar-refractivity contribution in [1.82, 2.24) is 0 Å². The van der Waals surface area contributed by atoms with E-state index < -0.39 is 29.5 Å². The lowest BCUT2D eigenvalue weighted by Crippen LogP contribution is -2.27. The van der Waals surface area contributed by atoms with Crippen LogP contribution in [0.2, 0.25) is 0 Å². The second-order valence-corrected chi connectivity index (χ2v) is 6.91. The number of anilines is 2. The first-order chi connectivity index (χ1) is 13.8. The molecule has 0 aromatic heterocycles. The Labute approximate surface area is 164 Å². The van der Waals surface area contributed by atoms with Gasteiger partial charge < -0.3 is 20.1 Å². The first-order valence-corrected chi connectivity index (χ1v) is 8.89. The summed E-state index contributed by atoms with van der Waals surface area (Å²) in [6.45, 7) is -0.339. The van der Waals surface area contributed by atoms with E-state index in [2.05, 4.69) is 10.6 Å². The molecule has 2 aliphatic rings. The first kappa shape index (κ1) is 19.1. The molecule has 2 amide bonds. The maximum atomic E-state index is 13.2. The van der Waals surface area contributed by atoms with Gasteiger partial charge in [-0.25, -0.2) is 0 Å². The number of carbonyl (C=O) groups excluding carboxylic acids is 2. The predicted octanol–water partition coefficient (Wildman–Crippen LogP) is 3.79. The Bertz CT molecular complexity index is 990. The van der Waals surface area contributed by atoms with Crippen LogP contribution in [0.1, 0.15) is 23.5 Å². The number of fused-ring (bicyclic) bond motifs is 1. The number of benzene rings is 2. The summed E-state index contributed by atoms with van der Waals surface area (Å²) in [5.74, 6) is -0.769. The van der Waals surface area contributed by atoms with Crippen molar-refractivity contribution in [2.24, 2.45) is 5.92 Å². The minimum absolute atomic E-state index is 0.0143. The number of alkyl halides is 3. The van der Waals surface area contributed by atoms with Gasteiger partial charge in [-0.15, -0.1) is 0 Å². The number of methoxy groups -OCH3 is 1. The summed E-state index contributed by atoms with van der Waals surface area (Å²) in [4.78, 5) is 24.2. The molecule has 2 unspecified atom stereocenters. The van der Waals surface area contributed by atoms with Crippen molar-refractivity contribution < 1.29 is 32.2 Å². The van der Waals surface area contributed by atoms with Crippen molar-refractivity contribution >= 4 is 23.2 Å². The van der Waals surface area contributed by atoms with Crippen LogP contribution in [0.25, 0.3) is 0 Å². The molecule has 0 bridgehead atoms. The molecule has 6 nitrogen and oxygen atoms in total. The predicted molar refractivity (Wildman–Crippen MR) is 98.0 cm³/mol. The number of carbonyl (C=O) groups is 2. The molecule has 1 aliphatic heterocycles. The average molecular weight is 406 g/mol. The smallest absolute Gasteiger partial charge is 0.416 e. The number of nitrogens with one attached hydrogen (secondary N) is 2. The zero-order chi connectivity index (χ0) is 20.8. The third-order valence-electron chi connectivity index (χ3n) is 4.96. The maximum absolute atomic E-state index is 13.2. The lowest BCUT2D eigenvalue weighted by molar-refractivity contribution is -0.137. The molecular weight excluding hydrogens is 389 g/mol. The zero-order valence-electron chi connectivity index (χ0n) is 15.3. The van der Waals surface area contributed by atoms with E-state index in [9.17, 15) is 22.8 Å². The third kappa shape index (κ3) is 3.72. The van der Waals surface area contributed by atoms with E-state index in [-0.39, 0.29) is 29.6 Å². The molecule has 1 aliphatic carbocycles. The van der Waals surface area contributed by atoms with Crippen LogP contribution in [-0.4, -0.2) is 25.5 Å². The van der Waals surface area contributed by atoms with Crippen LogP contribution in [0.3, 0.4) is 0 Å². The van der Waals surface area contributed by atoms with Gasteiger partial charge in [-0.2, -0.15) is 13.2 Å². The number of rotatable bonds is 4. The standard InChI is InChI=1S/C20H17F3N2O4/c1-28-16-5-3-2-4-11(16)12-8-13(12)19(27)25-15-7-10(20(21,22)23)6-14-18(15)29-9-17(26)24-14/h2-7,12-13H,8-9H2,1H3,(H,24,26)(H,25,27). The van der Waals surface area contributed by atoms with E-state index in [1.165, 1.54) is 7.11 Å². The van der Waals surface area contributed by atoms with Gasteiger partial charge in [0, 0.05) is 5.92 Å². The SMILES string of the molecule is COc1ccccc1C1CC1C(=O)Nc1cc(C(F)(F)F)cc2c1OCC(=O)N2. The summed E-state index contributed by atoms with van der Waals surface area (Å²) in [6.07, 6.45) is -4.08. The topological polar surface area (TPSA) is 76.7 Å². The van der Waals surface area contributed by atoms with E-state index in [0.29, 0.717) is 12.2 Å². The molecule has 152 valence electrons. The van der Waals surface area contributed by atoms with Crippen molar-refractivity contribution in [2.75, 3.05) is 24.4 Å². The van der Waals surface area contributed by atoms with Gasteiger partial charge in [0.1, 0.15) is 5.75 Å². The van der Waals surface area contributed by atoms with Crippen molar-refractivity contribution in [3.63, 3.8) is 0 Å². The van der Waals surface area contributed by atoms with Gasteiger partial charge in [-0.1, -0.05) is 18.2 Å². The summed E-state index contributed by atoms with van der Waals surface area (Å²) in [5.41, 5.74) is -0.354. The van der Waals surface area contributed by atoms with E-state index in [0.717, 1.165) is 17.7 Å². The summed E-state index contributed by atoms with van der Waals surface area (Å²) in [5, 5.41) is 4.89. The van der Waals surface area contributed by atoms with Gasteiger partial charge in [-0.3, -0.25) is 9.59 Å². The Morgan fingerprint density at radius 1 is 1.28 bits per heavy atom. The monoisotopic (exact) mass is 406 g/mol. The summed E-state index contributed by atoms with van der Waals surface area (Å²) >= 11 is 0. The zero-order valence-corrected chi connectivity index (χ0v) is 15.3. The highest BCUT2D eigenvalue weighted by Crippen LogP contribution is 2.51. The van der Waals surface area contributed by atoms with Gasteiger partial charge >= 0.3 is 6.18 Å². The Morgan fingerprint density at radius 3 is 2.76 bits per heavy atom. The van der Waals surface area contributed by atoms with Crippen molar-refractivity contribution in [1.29, 1.82) is 0 Å². The fourth-order valence-corrected chi connectivity index (χ4v) is 3.48. The molecule has 4 rings (SSSR count). The van der Waals surface area contributed by atoms with Gasteiger partial charge in [0.25, 0.3) is 5.91 Å². The van der Waals surface area contributed by atoms with Crippen LogP contribution in [0, 0.1) is 5.92 Å². The molecule has 0 spiro atoms. The van der Waals surface area contributed by atoms with Gasteiger partial charge in [-0.05, 0) is 36.1 Å². The number of hydrogen-bond donors (Lipinski definition) is 2. The fourth-order valence-electron chi connectivity index (χ4n) is 3.48. The molecule has 2 aromatic rings. The molecule has 0 saturated heterocycles. The number of hydrogen-bond acceptors (Lipinski definition) is 4. The van der Waals surface area contributed by atoms with Crippen LogP contribution in [0.5, 0.6) is 11.5 Å². The second kappa shape index (κ2) is 6.98. The Kier molecular flexibility index (Phi) is 4.60. The molecule has 2 atom stereocenters. The minimum Gasteiger partial charge on any atom is -0.496 e. The molecule has 0 radical (unpaired) electrons. The molecule has 1 saturated carbocycles. The molecule has 29 heavy (non-hydrogen) atoms. The van der Waals surface area contributed by atoms with Gasteiger partial charge in [0.2, 0.25) is 5.91 Å². The second-order valence-electron chi connectivity index (χ2n) is 6.91.